The Bertz CT molecular complexity index is 424. The van der Waals surface area contributed by atoms with Crippen LogP contribution in [0.25, 0.3) is 0 Å². The van der Waals surface area contributed by atoms with Gasteiger partial charge in [0.05, 0.1) is 29.5 Å². The number of halogens is 2. The molecule has 1 unspecified atom stereocenters. The lowest BCUT2D eigenvalue weighted by Gasteiger charge is -2.23. The minimum absolute atomic E-state index is 0.0722. The van der Waals surface area contributed by atoms with E-state index in [1.807, 2.05) is 0 Å². The van der Waals surface area contributed by atoms with E-state index in [9.17, 15) is 9.50 Å². The number of aliphatic hydroxyl groups is 1. The van der Waals surface area contributed by atoms with Crippen molar-refractivity contribution in [2.24, 2.45) is 0 Å². The monoisotopic (exact) mass is 301 g/mol. The first-order valence-corrected chi connectivity index (χ1v) is 7.52. The van der Waals surface area contributed by atoms with Crippen LogP contribution < -0.4 is 5.32 Å². The van der Waals surface area contributed by atoms with E-state index in [4.69, 9.17) is 16.3 Å². The van der Waals surface area contributed by atoms with Crippen LogP contribution in [0.2, 0.25) is 5.02 Å². The maximum atomic E-state index is 13.6. The molecule has 0 radical (unpaired) electrons. The molecule has 1 saturated carbocycles. The van der Waals surface area contributed by atoms with Gasteiger partial charge in [0.15, 0.2) is 5.82 Å². The maximum Gasteiger partial charge on any atom is 0.164 e. The third-order valence-electron chi connectivity index (χ3n) is 3.56. The van der Waals surface area contributed by atoms with Crippen LogP contribution in [0, 0.1) is 5.82 Å². The van der Waals surface area contributed by atoms with Gasteiger partial charge in [-0.15, -0.1) is 0 Å². The zero-order chi connectivity index (χ0) is 14.4. The fourth-order valence-electron chi connectivity index (χ4n) is 2.41. The van der Waals surface area contributed by atoms with E-state index in [0.717, 1.165) is 12.8 Å². The van der Waals surface area contributed by atoms with Crippen molar-refractivity contribution in [2.45, 2.75) is 44.3 Å². The molecule has 1 fully saturated rings. The van der Waals surface area contributed by atoms with Crippen molar-refractivity contribution in [3.05, 3.63) is 29.0 Å². The summed E-state index contributed by atoms with van der Waals surface area (Å²) < 4.78 is 19.3. The molecule has 20 heavy (non-hydrogen) atoms. The third kappa shape index (κ3) is 4.62. The van der Waals surface area contributed by atoms with Crippen molar-refractivity contribution >= 4 is 17.3 Å². The minimum Gasteiger partial charge on any atom is -0.389 e. The Morgan fingerprint density at radius 2 is 2.10 bits per heavy atom. The number of rotatable bonds is 6. The Labute approximate surface area is 124 Å². The summed E-state index contributed by atoms with van der Waals surface area (Å²) in [6.07, 6.45) is 5.43. The topological polar surface area (TPSA) is 41.5 Å². The summed E-state index contributed by atoms with van der Waals surface area (Å²) in [5.41, 5.74) is 0.300. The Hall–Kier alpha value is -0.840. The van der Waals surface area contributed by atoms with Crippen LogP contribution in [0.3, 0.4) is 0 Å². The largest absolute Gasteiger partial charge is 0.389 e. The van der Waals surface area contributed by atoms with Crippen molar-refractivity contribution in [3.8, 4) is 0 Å². The molecular weight excluding hydrogens is 281 g/mol. The fraction of sp³-hybridized carbons (Fsp3) is 0.600. The number of aliphatic hydroxyl groups excluding tert-OH is 1. The van der Waals surface area contributed by atoms with Crippen LogP contribution in [-0.2, 0) is 4.74 Å². The quantitative estimate of drug-likeness (QED) is 0.843. The second-order valence-electron chi connectivity index (χ2n) is 5.23. The number of ether oxygens (including phenoxy) is 1. The minimum atomic E-state index is -0.657. The maximum absolute atomic E-state index is 13.6. The molecule has 1 aromatic rings. The van der Waals surface area contributed by atoms with Crippen molar-refractivity contribution in [2.75, 3.05) is 18.5 Å². The van der Waals surface area contributed by atoms with Gasteiger partial charge in [-0.2, -0.15) is 0 Å². The molecule has 0 heterocycles. The Balaban J connectivity index is 1.71. The molecule has 112 valence electrons. The molecule has 1 aliphatic rings. The van der Waals surface area contributed by atoms with Crippen molar-refractivity contribution in [1.29, 1.82) is 0 Å². The molecule has 2 rings (SSSR count). The first kappa shape index (κ1) is 15.5. The van der Waals surface area contributed by atoms with Crippen LogP contribution in [0.15, 0.2) is 18.2 Å². The van der Waals surface area contributed by atoms with E-state index < -0.39 is 11.9 Å². The molecule has 0 spiro atoms. The molecule has 1 aromatic carbocycles. The van der Waals surface area contributed by atoms with Gasteiger partial charge >= 0.3 is 0 Å². The van der Waals surface area contributed by atoms with Crippen LogP contribution in [-0.4, -0.2) is 30.5 Å². The highest BCUT2D eigenvalue weighted by Gasteiger charge is 2.15. The van der Waals surface area contributed by atoms with Gasteiger partial charge in [0.2, 0.25) is 0 Å². The normalized spacial score (nSPS) is 17.9. The molecule has 0 saturated heterocycles. The highest BCUT2D eigenvalue weighted by atomic mass is 35.5. The van der Waals surface area contributed by atoms with Crippen LogP contribution in [0.4, 0.5) is 10.1 Å². The fourth-order valence-corrected chi connectivity index (χ4v) is 2.58. The Morgan fingerprint density at radius 3 is 2.85 bits per heavy atom. The molecule has 0 aliphatic heterocycles. The molecule has 0 bridgehead atoms. The van der Waals surface area contributed by atoms with Crippen LogP contribution in [0.5, 0.6) is 0 Å². The average Bonchev–Trinajstić information content (AvgIpc) is 2.48. The summed E-state index contributed by atoms with van der Waals surface area (Å²) in [5, 5.41) is 12.8. The second-order valence-corrected chi connectivity index (χ2v) is 5.64. The number of benzene rings is 1. The van der Waals surface area contributed by atoms with E-state index in [1.165, 1.54) is 25.3 Å². The third-order valence-corrected chi connectivity index (χ3v) is 3.85. The van der Waals surface area contributed by atoms with Gasteiger partial charge in [-0.3, -0.25) is 0 Å². The van der Waals surface area contributed by atoms with Gasteiger partial charge < -0.3 is 15.2 Å². The molecule has 2 N–H and O–H groups in total. The lowest BCUT2D eigenvalue weighted by molar-refractivity contribution is -0.0195. The number of nitrogens with one attached hydrogen (secondary N) is 1. The van der Waals surface area contributed by atoms with E-state index in [2.05, 4.69) is 5.32 Å². The zero-order valence-electron chi connectivity index (χ0n) is 11.4. The predicted octanol–water partition coefficient (Wildman–Crippen LogP) is 3.60. The molecule has 1 aliphatic carbocycles. The summed E-state index contributed by atoms with van der Waals surface area (Å²) in [6.45, 7) is 0.518. The van der Waals surface area contributed by atoms with Gasteiger partial charge in [0.1, 0.15) is 0 Å². The molecule has 5 heteroatoms. The lowest BCUT2D eigenvalue weighted by Crippen LogP contribution is -2.28. The number of hydrogen-bond acceptors (Lipinski definition) is 3. The molecule has 0 amide bonds. The van der Waals surface area contributed by atoms with Crippen molar-refractivity contribution in [3.63, 3.8) is 0 Å². The van der Waals surface area contributed by atoms with E-state index in [0.29, 0.717) is 5.69 Å². The molecule has 1 atom stereocenters. The van der Waals surface area contributed by atoms with Gasteiger partial charge in [-0.05, 0) is 25.0 Å². The average molecular weight is 302 g/mol. The first-order valence-electron chi connectivity index (χ1n) is 7.14. The summed E-state index contributed by atoms with van der Waals surface area (Å²) in [4.78, 5) is 0. The first-order chi connectivity index (χ1) is 9.66. The smallest absolute Gasteiger partial charge is 0.164 e. The predicted molar refractivity (Wildman–Crippen MR) is 78.7 cm³/mol. The highest BCUT2D eigenvalue weighted by molar-refractivity contribution is 6.31. The number of hydrogen-bond donors (Lipinski definition) is 2. The standard InChI is InChI=1S/C15H21ClFNO2/c16-13-7-4-8-14(15(13)17)18-9-11(19)10-20-12-5-2-1-3-6-12/h4,7-8,11-12,18-19H,1-3,5-6,9-10H2. The highest BCUT2D eigenvalue weighted by Crippen LogP contribution is 2.22. The van der Waals surface area contributed by atoms with Gasteiger partial charge in [0.25, 0.3) is 0 Å². The summed E-state index contributed by atoms with van der Waals surface area (Å²) in [7, 11) is 0. The molecule has 3 nitrogen and oxygen atoms in total. The Morgan fingerprint density at radius 1 is 1.35 bits per heavy atom. The summed E-state index contributed by atoms with van der Waals surface area (Å²) >= 11 is 5.69. The molecular formula is C15H21ClFNO2. The zero-order valence-corrected chi connectivity index (χ0v) is 12.2. The second kappa shape index (κ2) is 7.81. The van der Waals surface area contributed by atoms with E-state index >= 15 is 0 Å². The summed E-state index contributed by atoms with van der Waals surface area (Å²) in [6, 6.07) is 4.75. The van der Waals surface area contributed by atoms with E-state index in [1.54, 1.807) is 12.1 Å². The van der Waals surface area contributed by atoms with E-state index in [-0.39, 0.29) is 24.3 Å². The number of anilines is 1. The van der Waals surface area contributed by atoms with Crippen LogP contribution >= 0.6 is 11.6 Å². The van der Waals surface area contributed by atoms with Crippen LogP contribution in [0.1, 0.15) is 32.1 Å². The van der Waals surface area contributed by atoms with Gasteiger partial charge in [0, 0.05) is 6.54 Å². The van der Waals surface area contributed by atoms with Gasteiger partial charge in [-0.25, -0.2) is 4.39 Å². The SMILES string of the molecule is OC(CNc1cccc(Cl)c1F)COC1CCCCC1. The Kier molecular flexibility index (Phi) is 6.07. The van der Waals surface area contributed by atoms with Crippen molar-refractivity contribution < 1.29 is 14.2 Å². The van der Waals surface area contributed by atoms with Gasteiger partial charge in [-0.1, -0.05) is 36.9 Å². The van der Waals surface area contributed by atoms with Crippen molar-refractivity contribution in [1.82, 2.24) is 0 Å². The lowest BCUT2D eigenvalue weighted by atomic mass is 9.98. The molecule has 0 aromatic heterocycles. The summed E-state index contributed by atoms with van der Waals surface area (Å²) in [5.74, 6) is -0.491.